The van der Waals surface area contributed by atoms with Crippen LogP contribution in [0.3, 0.4) is 0 Å². The monoisotopic (exact) mass is 504 g/mol. The Morgan fingerprint density at radius 3 is 2.63 bits per heavy atom. The minimum atomic E-state index is 0. The quantitative estimate of drug-likeness (QED) is 0.236. The molecule has 0 aliphatic carbocycles. The summed E-state index contributed by atoms with van der Waals surface area (Å²) in [7, 11) is 3.47. The summed E-state index contributed by atoms with van der Waals surface area (Å²) in [6.07, 6.45) is 0.870. The third-order valence-corrected chi connectivity index (χ3v) is 4.84. The first kappa shape index (κ1) is 23.6. The van der Waals surface area contributed by atoms with Gasteiger partial charge in [0.15, 0.2) is 5.96 Å². The first-order chi connectivity index (χ1) is 12.6. The van der Waals surface area contributed by atoms with E-state index in [1.165, 1.54) is 10.4 Å². The van der Waals surface area contributed by atoms with Crippen molar-refractivity contribution in [3.63, 3.8) is 0 Å². The summed E-state index contributed by atoms with van der Waals surface area (Å²) in [6.45, 7) is 6.78. The van der Waals surface area contributed by atoms with Gasteiger partial charge in [-0.3, -0.25) is 4.99 Å². The zero-order chi connectivity index (χ0) is 18.8. The number of hydrogen-bond donors (Lipinski definition) is 2. The molecule has 0 saturated carbocycles. The Morgan fingerprint density at radius 2 is 1.96 bits per heavy atom. The molecule has 0 saturated heterocycles. The molecule has 0 aliphatic rings. The van der Waals surface area contributed by atoms with Crippen LogP contribution < -0.4 is 15.4 Å². The molecular weight excluding hydrogens is 475 g/mol. The smallest absolute Gasteiger partial charge is 0.191 e. The SMILES string of the molecule is CN=C(NCc1ccc(C)cc1OCCCOC)NCc1scnc1C.I. The number of guanidine groups is 1. The zero-order valence-electron chi connectivity index (χ0n) is 16.4. The Bertz CT molecular complexity index is 721. The number of aliphatic imine (C=N–C) groups is 1. The number of ether oxygens (including phenoxy) is 2. The lowest BCUT2D eigenvalue weighted by atomic mass is 10.1. The van der Waals surface area contributed by atoms with E-state index in [-0.39, 0.29) is 24.0 Å². The van der Waals surface area contributed by atoms with Gasteiger partial charge in [0, 0.05) is 44.2 Å². The van der Waals surface area contributed by atoms with Crippen LogP contribution in [0.15, 0.2) is 28.7 Å². The molecule has 1 heterocycles. The van der Waals surface area contributed by atoms with E-state index in [1.807, 2.05) is 12.4 Å². The van der Waals surface area contributed by atoms with Gasteiger partial charge in [-0.1, -0.05) is 12.1 Å². The van der Waals surface area contributed by atoms with Gasteiger partial charge in [0.2, 0.25) is 0 Å². The first-order valence-electron chi connectivity index (χ1n) is 8.68. The van der Waals surface area contributed by atoms with E-state index >= 15 is 0 Å². The van der Waals surface area contributed by atoms with E-state index in [4.69, 9.17) is 9.47 Å². The zero-order valence-corrected chi connectivity index (χ0v) is 19.5. The van der Waals surface area contributed by atoms with Crippen LogP contribution >= 0.6 is 35.3 Å². The number of benzene rings is 1. The van der Waals surface area contributed by atoms with E-state index in [9.17, 15) is 0 Å². The maximum Gasteiger partial charge on any atom is 0.191 e. The van der Waals surface area contributed by atoms with E-state index in [1.54, 1.807) is 25.5 Å². The van der Waals surface area contributed by atoms with E-state index in [0.29, 0.717) is 26.3 Å². The fraction of sp³-hybridized carbons (Fsp3) is 0.474. The minimum Gasteiger partial charge on any atom is -0.493 e. The van der Waals surface area contributed by atoms with Crippen LogP contribution in [0.1, 0.15) is 28.1 Å². The molecule has 2 N–H and O–H groups in total. The number of hydrogen-bond acceptors (Lipinski definition) is 5. The predicted molar refractivity (Wildman–Crippen MR) is 122 cm³/mol. The van der Waals surface area contributed by atoms with Crippen molar-refractivity contribution in [2.45, 2.75) is 33.4 Å². The van der Waals surface area contributed by atoms with Crippen molar-refractivity contribution >= 4 is 41.3 Å². The van der Waals surface area contributed by atoms with Gasteiger partial charge < -0.3 is 20.1 Å². The molecule has 0 radical (unpaired) electrons. The maximum atomic E-state index is 5.93. The second-order valence-electron chi connectivity index (χ2n) is 5.95. The Kier molecular flexibility index (Phi) is 11.3. The third-order valence-electron chi connectivity index (χ3n) is 3.90. The van der Waals surface area contributed by atoms with Crippen molar-refractivity contribution in [2.75, 3.05) is 27.4 Å². The highest BCUT2D eigenvalue weighted by molar-refractivity contribution is 14.0. The molecule has 2 rings (SSSR count). The lowest BCUT2D eigenvalue weighted by Gasteiger charge is -2.15. The molecule has 6 nitrogen and oxygen atoms in total. The Labute approximate surface area is 182 Å². The van der Waals surface area contributed by atoms with Crippen molar-refractivity contribution in [1.29, 1.82) is 0 Å². The van der Waals surface area contributed by atoms with Gasteiger partial charge in [0.05, 0.1) is 24.4 Å². The molecule has 1 aromatic heterocycles. The predicted octanol–water partition coefficient (Wildman–Crippen LogP) is 3.66. The van der Waals surface area contributed by atoms with Crippen molar-refractivity contribution in [2.24, 2.45) is 4.99 Å². The van der Waals surface area contributed by atoms with E-state index in [0.717, 1.165) is 29.4 Å². The number of aromatic nitrogens is 1. The molecule has 0 unspecified atom stereocenters. The van der Waals surface area contributed by atoms with Gasteiger partial charge >= 0.3 is 0 Å². The Balaban J connectivity index is 0.00000364. The molecule has 0 atom stereocenters. The molecule has 0 bridgehead atoms. The van der Waals surface area contributed by atoms with Crippen LogP contribution in [0.25, 0.3) is 0 Å². The lowest BCUT2D eigenvalue weighted by molar-refractivity contribution is 0.172. The summed E-state index contributed by atoms with van der Waals surface area (Å²) in [5.41, 5.74) is 5.20. The molecule has 0 aliphatic heterocycles. The standard InChI is InChI=1S/C19H28N4O2S.HI/c1-14-6-7-16(17(10-14)25-9-5-8-24-4)11-21-19(20-3)22-12-18-15(2)23-13-26-18;/h6-7,10,13H,5,8-9,11-12H2,1-4H3,(H2,20,21,22);1H. The van der Waals surface area contributed by atoms with Gasteiger partial charge in [0.25, 0.3) is 0 Å². The van der Waals surface area contributed by atoms with Crippen molar-refractivity contribution in [3.8, 4) is 5.75 Å². The van der Waals surface area contributed by atoms with Crippen molar-refractivity contribution in [3.05, 3.63) is 45.4 Å². The van der Waals surface area contributed by atoms with Gasteiger partial charge in [0.1, 0.15) is 5.75 Å². The average molecular weight is 504 g/mol. The van der Waals surface area contributed by atoms with Crippen molar-refractivity contribution < 1.29 is 9.47 Å². The molecule has 8 heteroatoms. The highest BCUT2D eigenvalue weighted by atomic mass is 127. The summed E-state index contributed by atoms with van der Waals surface area (Å²) in [4.78, 5) is 9.77. The average Bonchev–Trinajstić information content (AvgIpc) is 3.05. The Morgan fingerprint density at radius 1 is 1.19 bits per heavy atom. The number of nitrogens with one attached hydrogen (secondary N) is 2. The van der Waals surface area contributed by atoms with Gasteiger partial charge in [-0.2, -0.15) is 0 Å². The molecular formula is C19H29IN4O2S. The molecule has 2 aromatic rings. The second kappa shape index (κ2) is 12.9. The molecule has 27 heavy (non-hydrogen) atoms. The molecule has 1 aromatic carbocycles. The Hall–Kier alpha value is -1.39. The molecule has 0 amide bonds. The van der Waals surface area contributed by atoms with Crippen LogP contribution in [0.2, 0.25) is 0 Å². The maximum absolute atomic E-state index is 5.93. The van der Waals surface area contributed by atoms with Crippen LogP contribution in [0.4, 0.5) is 0 Å². The van der Waals surface area contributed by atoms with E-state index in [2.05, 4.69) is 45.7 Å². The number of nitrogens with zero attached hydrogens (tertiary/aromatic N) is 2. The topological polar surface area (TPSA) is 67.8 Å². The normalized spacial score (nSPS) is 11.0. The van der Waals surface area contributed by atoms with Crippen LogP contribution in [0, 0.1) is 13.8 Å². The van der Waals surface area contributed by atoms with Gasteiger partial charge in [-0.25, -0.2) is 4.98 Å². The largest absolute Gasteiger partial charge is 0.493 e. The second-order valence-corrected chi connectivity index (χ2v) is 6.89. The third kappa shape index (κ3) is 8.02. The van der Waals surface area contributed by atoms with E-state index < -0.39 is 0 Å². The number of aryl methyl sites for hydroxylation is 2. The lowest BCUT2D eigenvalue weighted by Crippen LogP contribution is -2.36. The van der Waals surface area contributed by atoms with Crippen molar-refractivity contribution in [1.82, 2.24) is 15.6 Å². The van der Waals surface area contributed by atoms with Gasteiger partial charge in [-0.15, -0.1) is 35.3 Å². The highest BCUT2D eigenvalue weighted by Gasteiger charge is 2.07. The number of halogens is 1. The molecule has 150 valence electrons. The highest BCUT2D eigenvalue weighted by Crippen LogP contribution is 2.20. The minimum absolute atomic E-state index is 0. The number of rotatable bonds is 9. The summed E-state index contributed by atoms with van der Waals surface area (Å²) in [5.74, 6) is 1.66. The first-order valence-corrected chi connectivity index (χ1v) is 9.56. The molecule has 0 fully saturated rings. The summed E-state index contributed by atoms with van der Waals surface area (Å²) in [5, 5.41) is 6.67. The van der Waals surface area contributed by atoms with Gasteiger partial charge in [-0.05, 0) is 25.5 Å². The van der Waals surface area contributed by atoms with Crippen LogP contribution in [0.5, 0.6) is 5.75 Å². The number of thiazole rings is 1. The molecule has 0 spiro atoms. The number of methoxy groups -OCH3 is 1. The fourth-order valence-corrected chi connectivity index (χ4v) is 3.10. The van der Waals surface area contributed by atoms with Crippen LogP contribution in [-0.4, -0.2) is 38.3 Å². The van der Waals surface area contributed by atoms with Crippen LogP contribution in [-0.2, 0) is 17.8 Å². The fourth-order valence-electron chi connectivity index (χ4n) is 2.39. The summed E-state index contributed by atoms with van der Waals surface area (Å²) in [6, 6.07) is 6.26. The summed E-state index contributed by atoms with van der Waals surface area (Å²) < 4.78 is 11.0. The summed E-state index contributed by atoms with van der Waals surface area (Å²) >= 11 is 1.65.